The van der Waals surface area contributed by atoms with Crippen LogP contribution in [0.25, 0.3) is 0 Å². The van der Waals surface area contributed by atoms with E-state index < -0.39 is 0 Å². The molecule has 0 bridgehead atoms. The second-order valence-electron chi connectivity index (χ2n) is 4.52. The number of alkyl halides is 1. The van der Waals surface area contributed by atoms with E-state index in [2.05, 4.69) is 31.3 Å². The van der Waals surface area contributed by atoms with Crippen LogP contribution in [0.2, 0.25) is 0 Å². The maximum absolute atomic E-state index is 5.67. The van der Waals surface area contributed by atoms with E-state index in [4.69, 9.17) is 16.3 Å². The number of methoxy groups -OCH3 is 1. The fourth-order valence-electron chi connectivity index (χ4n) is 1.70. The van der Waals surface area contributed by atoms with Crippen LogP contribution in [0.5, 0.6) is 5.75 Å². The van der Waals surface area contributed by atoms with E-state index in [0.717, 1.165) is 18.7 Å². The Hall–Kier alpha value is -0.730. The Morgan fingerprint density at radius 1 is 1.25 bits per heavy atom. The van der Waals surface area contributed by atoms with Crippen molar-refractivity contribution < 1.29 is 4.74 Å². The molecule has 0 amide bonds. The molecule has 0 saturated carbocycles. The minimum atomic E-state index is 0.0729. The van der Waals surface area contributed by atoms with Crippen LogP contribution in [0.1, 0.15) is 19.4 Å². The van der Waals surface area contributed by atoms with Gasteiger partial charge >= 0.3 is 0 Å². The average Bonchev–Trinajstić information content (AvgIpc) is 2.27. The molecule has 0 aromatic heterocycles. The summed E-state index contributed by atoms with van der Waals surface area (Å²) >= 11 is 5.67. The van der Waals surface area contributed by atoms with Crippen LogP contribution in [-0.4, -0.2) is 25.1 Å². The van der Waals surface area contributed by atoms with Crippen molar-refractivity contribution >= 4 is 11.6 Å². The molecule has 1 N–H and O–H groups in total. The fourth-order valence-corrected chi connectivity index (χ4v) is 1.80. The topological polar surface area (TPSA) is 21.3 Å². The second kappa shape index (κ2) is 6.12. The van der Waals surface area contributed by atoms with E-state index in [1.807, 2.05) is 12.1 Å². The van der Waals surface area contributed by atoms with Crippen LogP contribution in [0.4, 0.5) is 0 Å². The number of rotatable bonds is 6. The lowest BCUT2D eigenvalue weighted by atomic mass is 9.95. The molecule has 0 atom stereocenters. The predicted molar refractivity (Wildman–Crippen MR) is 69.5 cm³/mol. The smallest absolute Gasteiger partial charge is 0.118 e. The van der Waals surface area contributed by atoms with E-state index in [1.54, 1.807) is 7.11 Å². The molecule has 0 unspecified atom stereocenters. The summed E-state index contributed by atoms with van der Waals surface area (Å²) in [5.74, 6) is 1.54. The Bertz CT molecular complexity index is 308. The molecule has 1 aromatic carbocycles. The Morgan fingerprint density at radius 3 is 2.38 bits per heavy atom. The normalized spacial score (nSPS) is 11.5. The van der Waals surface area contributed by atoms with E-state index in [1.165, 1.54) is 5.56 Å². The molecule has 2 nitrogen and oxygen atoms in total. The van der Waals surface area contributed by atoms with Crippen molar-refractivity contribution in [3.05, 3.63) is 29.8 Å². The highest BCUT2D eigenvalue weighted by Crippen LogP contribution is 2.16. The Balaban J connectivity index is 2.57. The summed E-state index contributed by atoms with van der Waals surface area (Å²) < 4.78 is 5.13. The Morgan fingerprint density at radius 2 is 1.88 bits per heavy atom. The summed E-state index contributed by atoms with van der Waals surface area (Å²) in [6, 6.07) is 8.19. The third-order valence-corrected chi connectivity index (χ3v) is 2.69. The summed E-state index contributed by atoms with van der Waals surface area (Å²) in [7, 11) is 1.68. The first kappa shape index (κ1) is 13.3. The number of halogens is 1. The van der Waals surface area contributed by atoms with Gasteiger partial charge < -0.3 is 10.1 Å². The van der Waals surface area contributed by atoms with Crippen molar-refractivity contribution in [1.29, 1.82) is 0 Å². The molecule has 0 aliphatic rings. The van der Waals surface area contributed by atoms with E-state index in [9.17, 15) is 0 Å². The maximum Gasteiger partial charge on any atom is 0.118 e. The number of nitrogens with one attached hydrogen (secondary N) is 1. The van der Waals surface area contributed by atoms with Gasteiger partial charge in [0.1, 0.15) is 5.75 Å². The van der Waals surface area contributed by atoms with Crippen molar-refractivity contribution in [2.45, 2.75) is 25.8 Å². The lowest BCUT2D eigenvalue weighted by Gasteiger charge is -2.26. The van der Waals surface area contributed by atoms with E-state index in [0.29, 0.717) is 5.88 Å². The molecule has 0 heterocycles. The van der Waals surface area contributed by atoms with Crippen molar-refractivity contribution in [3.63, 3.8) is 0 Å². The summed E-state index contributed by atoms with van der Waals surface area (Å²) in [5, 5.41) is 3.42. The Labute approximate surface area is 103 Å². The largest absolute Gasteiger partial charge is 0.497 e. The van der Waals surface area contributed by atoms with Gasteiger partial charge in [-0.2, -0.15) is 0 Å². The average molecular weight is 242 g/mol. The molecule has 0 spiro atoms. The predicted octanol–water partition coefficient (Wildman–Crippen LogP) is 2.84. The molecule has 1 rings (SSSR count). The molecule has 1 aromatic rings. The highest BCUT2D eigenvalue weighted by Gasteiger charge is 2.16. The zero-order chi connectivity index (χ0) is 12.0. The third kappa shape index (κ3) is 4.42. The maximum atomic E-state index is 5.67. The monoisotopic (exact) mass is 241 g/mol. The van der Waals surface area contributed by atoms with Gasteiger partial charge in [-0.25, -0.2) is 0 Å². The molecule has 0 fully saturated rings. The molecule has 0 aliphatic heterocycles. The first-order valence-corrected chi connectivity index (χ1v) is 6.05. The molecule has 3 heteroatoms. The van der Waals surface area contributed by atoms with Gasteiger partial charge in [-0.15, -0.1) is 11.6 Å². The SMILES string of the molecule is COc1ccc(CC(C)(C)NCCCl)cc1. The lowest BCUT2D eigenvalue weighted by Crippen LogP contribution is -2.42. The fraction of sp³-hybridized carbons (Fsp3) is 0.538. The van der Waals surface area contributed by atoms with Gasteiger partial charge in [-0.1, -0.05) is 12.1 Å². The number of hydrogen-bond acceptors (Lipinski definition) is 2. The molecule has 90 valence electrons. The summed E-state index contributed by atoms with van der Waals surface area (Å²) in [4.78, 5) is 0. The van der Waals surface area contributed by atoms with E-state index >= 15 is 0 Å². The van der Waals surface area contributed by atoms with Crippen LogP contribution >= 0.6 is 11.6 Å². The first-order valence-electron chi connectivity index (χ1n) is 5.51. The number of ether oxygens (including phenoxy) is 1. The molecular weight excluding hydrogens is 222 g/mol. The number of hydrogen-bond donors (Lipinski definition) is 1. The van der Waals surface area contributed by atoms with Crippen molar-refractivity contribution in [1.82, 2.24) is 5.32 Å². The van der Waals surface area contributed by atoms with Crippen LogP contribution < -0.4 is 10.1 Å². The quantitative estimate of drug-likeness (QED) is 0.774. The van der Waals surface area contributed by atoms with E-state index in [-0.39, 0.29) is 5.54 Å². The van der Waals surface area contributed by atoms with Gasteiger partial charge in [-0.3, -0.25) is 0 Å². The highest BCUT2D eigenvalue weighted by molar-refractivity contribution is 6.18. The van der Waals surface area contributed by atoms with Gasteiger partial charge in [-0.05, 0) is 38.0 Å². The standard InChI is InChI=1S/C13H20ClNO/c1-13(2,15-9-8-14)10-11-4-6-12(16-3)7-5-11/h4-7,15H,8-10H2,1-3H3. The number of benzene rings is 1. The van der Waals surface area contributed by atoms with Gasteiger partial charge in [0.25, 0.3) is 0 Å². The Kier molecular flexibility index (Phi) is 5.10. The van der Waals surface area contributed by atoms with Crippen LogP contribution in [0.15, 0.2) is 24.3 Å². The van der Waals surface area contributed by atoms with Crippen LogP contribution in [-0.2, 0) is 6.42 Å². The minimum absolute atomic E-state index is 0.0729. The van der Waals surface area contributed by atoms with Crippen molar-refractivity contribution in [2.24, 2.45) is 0 Å². The van der Waals surface area contributed by atoms with Crippen molar-refractivity contribution in [3.8, 4) is 5.75 Å². The summed E-state index contributed by atoms with van der Waals surface area (Å²) in [6.45, 7) is 5.21. The zero-order valence-corrected chi connectivity index (χ0v) is 11.0. The summed E-state index contributed by atoms with van der Waals surface area (Å²) in [5.41, 5.74) is 1.37. The second-order valence-corrected chi connectivity index (χ2v) is 4.90. The first-order chi connectivity index (χ1) is 7.57. The van der Waals surface area contributed by atoms with Gasteiger partial charge in [0.15, 0.2) is 0 Å². The molecule has 0 saturated heterocycles. The highest BCUT2D eigenvalue weighted by atomic mass is 35.5. The molecular formula is C13H20ClNO. The molecule has 0 aliphatic carbocycles. The lowest BCUT2D eigenvalue weighted by molar-refractivity contribution is 0.396. The molecule has 0 radical (unpaired) electrons. The van der Waals surface area contributed by atoms with Gasteiger partial charge in [0.05, 0.1) is 7.11 Å². The third-order valence-electron chi connectivity index (χ3n) is 2.50. The zero-order valence-electron chi connectivity index (χ0n) is 10.2. The molecule has 16 heavy (non-hydrogen) atoms. The van der Waals surface area contributed by atoms with Crippen LogP contribution in [0, 0.1) is 0 Å². The van der Waals surface area contributed by atoms with Gasteiger partial charge in [0.2, 0.25) is 0 Å². The minimum Gasteiger partial charge on any atom is -0.497 e. The summed E-state index contributed by atoms with van der Waals surface area (Å²) in [6.07, 6.45) is 0.980. The van der Waals surface area contributed by atoms with Crippen LogP contribution in [0.3, 0.4) is 0 Å². The van der Waals surface area contributed by atoms with Gasteiger partial charge in [0, 0.05) is 18.0 Å². The van der Waals surface area contributed by atoms with Crippen molar-refractivity contribution in [2.75, 3.05) is 19.5 Å².